The molecule has 0 aliphatic rings. The van der Waals surface area contributed by atoms with Crippen LogP contribution in [-0.2, 0) is 9.59 Å². The molecular weight excluding hydrogens is 416 g/mol. The van der Waals surface area contributed by atoms with Crippen molar-refractivity contribution in [3.8, 4) is 0 Å². The van der Waals surface area contributed by atoms with Gasteiger partial charge in [0.25, 0.3) is 0 Å². The molecule has 0 rings (SSSR count). The summed E-state index contributed by atoms with van der Waals surface area (Å²) >= 11 is 0. The summed E-state index contributed by atoms with van der Waals surface area (Å²) in [7, 11) is 0. The van der Waals surface area contributed by atoms with E-state index in [0.717, 1.165) is 98.1 Å². The summed E-state index contributed by atoms with van der Waals surface area (Å²) in [4.78, 5) is 24.9. The highest BCUT2D eigenvalue weighted by Gasteiger charge is 2.32. The fraction of sp³-hybridized carbons (Fsp3) is 0.905. The second-order valence-corrected chi connectivity index (χ2v) is 8.11. The molecule has 0 fully saturated rings. The third kappa shape index (κ3) is 20.6. The van der Waals surface area contributed by atoms with E-state index < -0.39 is 24.0 Å². The van der Waals surface area contributed by atoms with E-state index >= 15 is 0 Å². The third-order valence-corrected chi connectivity index (χ3v) is 4.87. The van der Waals surface area contributed by atoms with Crippen molar-refractivity contribution in [2.75, 3.05) is 65.4 Å². The Labute approximate surface area is 193 Å². The Bertz CT molecular complexity index is 430. The second kappa shape index (κ2) is 21.5. The van der Waals surface area contributed by atoms with Crippen molar-refractivity contribution in [1.29, 1.82) is 0 Å². The van der Waals surface area contributed by atoms with E-state index in [1.165, 1.54) is 12.8 Å². The Kier molecular flexibility index (Phi) is 22.1. The molecule has 0 heterocycles. The fourth-order valence-corrected chi connectivity index (χ4v) is 2.97. The van der Waals surface area contributed by atoms with Crippen LogP contribution in [0.2, 0.25) is 0 Å². The molecule has 0 aliphatic heterocycles. The van der Waals surface area contributed by atoms with E-state index in [0.29, 0.717) is 0 Å². The van der Waals surface area contributed by atoms with Gasteiger partial charge in [-0.1, -0.05) is 0 Å². The average Bonchev–Trinajstić information content (AvgIpc) is 2.73. The standard InChI is InChI=1S/C16H40N6.C5H8O5/c17-7-3-13-21(14-4-8-18)11-1-2-12-22(15-5-9-19)16-6-10-20;1-5(10,4(8)9)2-3(6)7/h1-20H2;10H,2H2,1H3,(H,6,7)(H,8,9). The van der Waals surface area contributed by atoms with Crippen molar-refractivity contribution in [2.24, 2.45) is 22.9 Å². The molecule has 0 aromatic rings. The highest BCUT2D eigenvalue weighted by molar-refractivity contribution is 5.83. The molecule has 0 aliphatic carbocycles. The van der Waals surface area contributed by atoms with Crippen molar-refractivity contribution in [1.82, 2.24) is 9.80 Å². The van der Waals surface area contributed by atoms with Crippen LogP contribution in [0.3, 0.4) is 0 Å². The topological polar surface area (TPSA) is 205 Å². The maximum atomic E-state index is 10.0. The molecule has 0 aromatic heterocycles. The first-order valence-corrected chi connectivity index (χ1v) is 11.6. The Morgan fingerprint density at radius 2 is 0.938 bits per heavy atom. The van der Waals surface area contributed by atoms with E-state index in [1.54, 1.807) is 0 Å². The highest BCUT2D eigenvalue weighted by atomic mass is 16.4. The number of aliphatic carboxylic acids is 2. The molecule has 32 heavy (non-hydrogen) atoms. The summed E-state index contributed by atoms with van der Waals surface area (Å²) in [5.41, 5.74) is 20.3. The number of hydrogen-bond acceptors (Lipinski definition) is 9. The van der Waals surface area contributed by atoms with Gasteiger partial charge in [-0.05, 0) is 111 Å². The minimum atomic E-state index is -2.16. The summed E-state index contributed by atoms with van der Waals surface area (Å²) in [5.74, 6) is -2.87. The fourth-order valence-electron chi connectivity index (χ4n) is 2.97. The van der Waals surface area contributed by atoms with Crippen LogP contribution < -0.4 is 22.9 Å². The first kappa shape index (κ1) is 32.8. The molecule has 0 amide bonds. The van der Waals surface area contributed by atoms with Gasteiger partial charge in [0.05, 0.1) is 6.42 Å². The van der Waals surface area contributed by atoms with E-state index in [9.17, 15) is 9.59 Å². The van der Waals surface area contributed by atoms with Crippen LogP contribution in [0.1, 0.15) is 51.9 Å². The number of nitrogens with two attached hydrogens (primary N) is 4. The molecular formula is C21H48N6O5. The van der Waals surface area contributed by atoms with Gasteiger partial charge >= 0.3 is 11.9 Å². The molecule has 11 heteroatoms. The Morgan fingerprint density at radius 3 is 1.12 bits per heavy atom. The van der Waals surface area contributed by atoms with Crippen molar-refractivity contribution in [3.63, 3.8) is 0 Å². The average molecular weight is 465 g/mol. The number of rotatable bonds is 20. The van der Waals surface area contributed by atoms with Crippen LogP contribution in [0.5, 0.6) is 0 Å². The minimum Gasteiger partial charge on any atom is -0.481 e. The van der Waals surface area contributed by atoms with Crippen molar-refractivity contribution in [2.45, 2.75) is 57.5 Å². The predicted octanol–water partition coefficient (Wildman–Crippen LogP) is -0.937. The van der Waals surface area contributed by atoms with Gasteiger partial charge in [-0.3, -0.25) is 4.79 Å². The SMILES string of the molecule is CC(O)(CC(=O)O)C(=O)O.NCCCN(CCCN)CCCCN(CCCN)CCCN. The van der Waals surface area contributed by atoms with Gasteiger partial charge in [-0.2, -0.15) is 0 Å². The molecule has 0 bridgehead atoms. The zero-order valence-corrected chi connectivity index (χ0v) is 19.9. The molecule has 0 aromatic carbocycles. The summed E-state index contributed by atoms with van der Waals surface area (Å²) < 4.78 is 0. The van der Waals surface area contributed by atoms with Gasteiger partial charge in [-0.25, -0.2) is 4.79 Å². The monoisotopic (exact) mass is 464 g/mol. The summed E-state index contributed by atoms with van der Waals surface area (Å²) in [6, 6.07) is 0. The van der Waals surface area contributed by atoms with Gasteiger partial charge in [0, 0.05) is 0 Å². The number of nitrogens with zero attached hydrogens (tertiary/aromatic N) is 2. The van der Waals surface area contributed by atoms with Gasteiger partial charge in [0.1, 0.15) is 0 Å². The lowest BCUT2D eigenvalue weighted by Gasteiger charge is -2.24. The van der Waals surface area contributed by atoms with Gasteiger partial charge in [0.15, 0.2) is 5.60 Å². The number of carboxylic acid groups (broad SMARTS) is 2. The van der Waals surface area contributed by atoms with E-state index in [4.69, 9.17) is 38.3 Å². The lowest BCUT2D eigenvalue weighted by Crippen LogP contribution is -2.37. The lowest BCUT2D eigenvalue weighted by molar-refractivity contribution is -0.163. The first-order valence-electron chi connectivity index (χ1n) is 11.6. The molecule has 0 spiro atoms. The zero-order chi connectivity index (χ0) is 24.8. The number of unbranched alkanes of at least 4 members (excludes halogenated alkanes) is 1. The molecule has 0 radical (unpaired) electrons. The summed E-state index contributed by atoms with van der Waals surface area (Å²) in [5, 5.41) is 25.0. The van der Waals surface area contributed by atoms with Crippen LogP contribution >= 0.6 is 0 Å². The second-order valence-electron chi connectivity index (χ2n) is 8.11. The van der Waals surface area contributed by atoms with Gasteiger partial charge < -0.3 is 48.1 Å². The Hall–Kier alpha value is -1.34. The normalized spacial score (nSPS) is 13.0. The summed E-state index contributed by atoms with van der Waals surface area (Å²) in [6.07, 6.45) is 5.97. The van der Waals surface area contributed by atoms with Gasteiger partial charge in [-0.15, -0.1) is 0 Å². The summed E-state index contributed by atoms with van der Waals surface area (Å²) in [6.45, 7) is 10.7. The number of aliphatic hydroxyl groups is 1. The van der Waals surface area contributed by atoms with Gasteiger partial charge in [0.2, 0.25) is 0 Å². The van der Waals surface area contributed by atoms with Crippen molar-refractivity contribution in [3.05, 3.63) is 0 Å². The first-order chi connectivity index (χ1) is 15.1. The highest BCUT2D eigenvalue weighted by Crippen LogP contribution is 2.08. The molecule has 192 valence electrons. The van der Waals surface area contributed by atoms with E-state index in [1.807, 2.05) is 0 Å². The molecule has 0 saturated heterocycles. The third-order valence-electron chi connectivity index (χ3n) is 4.87. The molecule has 1 unspecified atom stereocenters. The smallest absolute Gasteiger partial charge is 0.335 e. The van der Waals surface area contributed by atoms with Crippen molar-refractivity contribution < 1.29 is 24.9 Å². The van der Waals surface area contributed by atoms with E-state index in [-0.39, 0.29) is 0 Å². The maximum Gasteiger partial charge on any atom is 0.335 e. The Morgan fingerprint density at radius 1 is 0.656 bits per heavy atom. The number of carbonyl (C=O) groups is 2. The Balaban J connectivity index is 0. The molecule has 11 N–H and O–H groups in total. The van der Waals surface area contributed by atoms with Crippen molar-refractivity contribution >= 4 is 11.9 Å². The number of hydrogen-bond donors (Lipinski definition) is 7. The number of carboxylic acids is 2. The molecule has 1 atom stereocenters. The quantitative estimate of drug-likeness (QED) is 0.109. The van der Waals surface area contributed by atoms with Crippen LogP contribution in [0.25, 0.3) is 0 Å². The predicted molar refractivity (Wildman–Crippen MR) is 127 cm³/mol. The molecule has 11 nitrogen and oxygen atoms in total. The van der Waals surface area contributed by atoms with Crippen LogP contribution in [-0.4, -0.2) is 108 Å². The maximum absolute atomic E-state index is 10.0. The molecule has 0 saturated carbocycles. The van der Waals surface area contributed by atoms with E-state index in [2.05, 4.69) is 9.80 Å². The van der Waals surface area contributed by atoms with Crippen LogP contribution in [0.15, 0.2) is 0 Å². The van der Waals surface area contributed by atoms with Crippen LogP contribution in [0.4, 0.5) is 0 Å². The van der Waals surface area contributed by atoms with Crippen LogP contribution in [0, 0.1) is 0 Å². The minimum absolute atomic E-state index is 0.769. The lowest BCUT2D eigenvalue weighted by atomic mass is 10.0. The largest absolute Gasteiger partial charge is 0.481 e. The zero-order valence-electron chi connectivity index (χ0n) is 19.9.